The molecule has 0 fully saturated rings. The van der Waals surface area contributed by atoms with Crippen molar-refractivity contribution in [1.29, 1.82) is 0 Å². The average molecular weight is 256 g/mol. The zero-order valence-corrected chi connectivity index (χ0v) is 10.0. The molecule has 96 valence electrons. The summed E-state index contributed by atoms with van der Waals surface area (Å²) in [5.41, 5.74) is 0.620. The van der Waals surface area contributed by atoms with Crippen LogP contribution in [0.3, 0.4) is 0 Å². The van der Waals surface area contributed by atoms with Crippen LogP contribution in [-0.4, -0.2) is 10.2 Å². The van der Waals surface area contributed by atoms with Crippen LogP contribution in [0.2, 0.25) is 0 Å². The molecule has 0 aliphatic heterocycles. The summed E-state index contributed by atoms with van der Waals surface area (Å²) in [6.07, 6.45) is 0. The number of hydrogen-bond donors (Lipinski definition) is 2. The van der Waals surface area contributed by atoms with Gasteiger partial charge in [0.1, 0.15) is 35.2 Å². The molecule has 3 rings (SSSR count). The number of phenolic OH excluding ortho intramolecular Hbond substituents is 2. The van der Waals surface area contributed by atoms with Crippen molar-refractivity contribution in [2.75, 3.05) is 0 Å². The number of benzene rings is 2. The van der Waals surface area contributed by atoms with Crippen molar-refractivity contribution in [2.24, 2.45) is 0 Å². The molecule has 4 nitrogen and oxygen atoms in total. The molecule has 0 unspecified atom stereocenters. The molecule has 0 bridgehead atoms. The van der Waals surface area contributed by atoms with E-state index in [1.165, 1.54) is 6.07 Å². The second kappa shape index (κ2) is 4.57. The maximum absolute atomic E-state index is 9.36. The Morgan fingerprint density at radius 2 is 1.79 bits per heavy atom. The number of fused-ring (bicyclic) bond motifs is 1. The lowest BCUT2D eigenvalue weighted by atomic mass is 10.2. The molecule has 0 aliphatic carbocycles. The molecule has 0 atom stereocenters. The number of hydrogen-bond acceptors (Lipinski definition) is 4. The van der Waals surface area contributed by atoms with Crippen LogP contribution in [0.4, 0.5) is 0 Å². The van der Waals surface area contributed by atoms with E-state index in [2.05, 4.69) is 0 Å². The Balaban J connectivity index is 1.78. The Kier molecular flexibility index (Phi) is 2.76. The highest BCUT2D eigenvalue weighted by atomic mass is 16.5. The normalized spacial score (nSPS) is 10.7. The SMILES string of the molecule is Oc1cccc(OCc2cc3ccc(O)cc3o2)c1. The third-order valence-electron chi connectivity index (χ3n) is 2.75. The molecule has 0 aliphatic rings. The van der Waals surface area contributed by atoms with Gasteiger partial charge in [0, 0.05) is 17.5 Å². The molecule has 1 heterocycles. The first-order chi connectivity index (χ1) is 9.20. The molecule has 1 aromatic heterocycles. The van der Waals surface area contributed by atoms with E-state index in [-0.39, 0.29) is 18.1 Å². The Morgan fingerprint density at radius 1 is 0.947 bits per heavy atom. The van der Waals surface area contributed by atoms with Crippen LogP contribution in [-0.2, 0) is 6.61 Å². The molecule has 19 heavy (non-hydrogen) atoms. The smallest absolute Gasteiger partial charge is 0.146 e. The zero-order chi connectivity index (χ0) is 13.2. The molecular weight excluding hydrogens is 244 g/mol. The van der Waals surface area contributed by atoms with Gasteiger partial charge in [-0.05, 0) is 30.3 Å². The van der Waals surface area contributed by atoms with Gasteiger partial charge in [-0.1, -0.05) is 6.07 Å². The molecule has 0 radical (unpaired) electrons. The van der Waals surface area contributed by atoms with Gasteiger partial charge in [0.05, 0.1) is 0 Å². The van der Waals surface area contributed by atoms with Crippen molar-refractivity contribution < 1.29 is 19.4 Å². The predicted octanol–water partition coefficient (Wildman–Crippen LogP) is 3.42. The number of furan rings is 1. The van der Waals surface area contributed by atoms with Crippen LogP contribution in [0.15, 0.2) is 52.9 Å². The van der Waals surface area contributed by atoms with E-state index in [1.54, 1.807) is 36.4 Å². The van der Waals surface area contributed by atoms with Gasteiger partial charge in [0.15, 0.2) is 0 Å². The van der Waals surface area contributed by atoms with Crippen LogP contribution in [0.5, 0.6) is 17.2 Å². The topological polar surface area (TPSA) is 62.8 Å². The molecular formula is C15H12O4. The summed E-state index contributed by atoms with van der Waals surface area (Å²) in [5, 5.41) is 19.6. The fourth-order valence-corrected chi connectivity index (χ4v) is 1.87. The maximum Gasteiger partial charge on any atom is 0.146 e. The predicted molar refractivity (Wildman–Crippen MR) is 70.3 cm³/mol. The summed E-state index contributed by atoms with van der Waals surface area (Å²) < 4.78 is 11.1. The molecule has 2 aromatic carbocycles. The third-order valence-corrected chi connectivity index (χ3v) is 2.75. The maximum atomic E-state index is 9.36. The number of phenols is 2. The molecule has 0 spiro atoms. The van der Waals surface area contributed by atoms with Crippen molar-refractivity contribution in [2.45, 2.75) is 6.61 Å². The highest BCUT2D eigenvalue weighted by Gasteiger charge is 2.05. The van der Waals surface area contributed by atoms with Gasteiger partial charge < -0.3 is 19.4 Å². The Labute approximate surface area is 109 Å². The lowest BCUT2D eigenvalue weighted by Gasteiger charge is -2.03. The first-order valence-corrected chi connectivity index (χ1v) is 5.84. The van der Waals surface area contributed by atoms with Crippen molar-refractivity contribution in [3.05, 3.63) is 54.3 Å². The molecule has 3 aromatic rings. The summed E-state index contributed by atoms with van der Waals surface area (Å²) in [6, 6.07) is 13.4. The molecule has 0 amide bonds. The van der Waals surface area contributed by atoms with E-state index in [0.717, 1.165) is 5.39 Å². The van der Waals surface area contributed by atoms with Crippen LogP contribution >= 0.6 is 0 Å². The molecule has 0 saturated carbocycles. The van der Waals surface area contributed by atoms with E-state index in [0.29, 0.717) is 17.1 Å². The fourth-order valence-electron chi connectivity index (χ4n) is 1.87. The van der Waals surface area contributed by atoms with Crippen molar-refractivity contribution in [3.8, 4) is 17.2 Å². The first-order valence-electron chi connectivity index (χ1n) is 5.84. The van der Waals surface area contributed by atoms with Crippen LogP contribution in [0.1, 0.15) is 5.76 Å². The van der Waals surface area contributed by atoms with E-state index >= 15 is 0 Å². The van der Waals surface area contributed by atoms with Crippen molar-refractivity contribution in [3.63, 3.8) is 0 Å². The van der Waals surface area contributed by atoms with Gasteiger partial charge in [-0.3, -0.25) is 0 Å². The third kappa shape index (κ3) is 2.47. The highest BCUT2D eigenvalue weighted by molar-refractivity contribution is 5.79. The number of rotatable bonds is 3. The summed E-state index contributed by atoms with van der Waals surface area (Å²) in [7, 11) is 0. The van der Waals surface area contributed by atoms with Crippen molar-refractivity contribution in [1.82, 2.24) is 0 Å². The fraction of sp³-hybridized carbons (Fsp3) is 0.0667. The Hall–Kier alpha value is -2.62. The Bertz CT molecular complexity index is 715. The van der Waals surface area contributed by atoms with Gasteiger partial charge in [-0.25, -0.2) is 0 Å². The second-order valence-electron chi connectivity index (χ2n) is 4.22. The van der Waals surface area contributed by atoms with Gasteiger partial charge in [0.2, 0.25) is 0 Å². The second-order valence-corrected chi connectivity index (χ2v) is 4.22. The van der Waals surface area contributed by atoms with Crippen LogP contribution < -0.4 is 4.74 Å². The summed E-state index contributed by atoms with van der Waals surface area (Å²) in [4.78, 5) is 0. The minimum atomic E-state index is 0.159. The van der Waals surface area contributed by atoms with Crippen LogP contribution in [0, 0.1) is 0 Å². The minimum Gasteiger partial charge on any atom is -0.508 e. The lowest BCUT2D eigenvalue weighted by molar-refractivity contribution is 0.273. The lowest BCUT2D eigenvalue weighted by Crippen LogP contribution is -1.92. The summed E-state index contributed by atoms with van der Waals surface area (Å²) >= 11 is 0. The van der Waals surface area contributed by atoms with Crippen LogP contribution in [0.25, 0.3) is 11.0 Å². The standard InChI is InChI=1S/C15H12O4/c16-11-2-1-3-13(7-11)18-9-14-6-10-4-5-12(17)8-15(10)19-14/h1-8,16-17H,9H2. The monoisotopic (exact) mass is 256 g/mol. The van der Waals surface area contributed by atoms with Gasteiger partial charge >= 0.3 is 0 Å². The van der Waals surface area contributed by atoms with Gasteiger partial charge in [-0.15, -0.1) is 0 Å². The van der Waals surface area contributed by atoms with E-state index < -0.39 is 0 Å². The molecule has 0 saturated heterocycles. The summed E-state index contributed by atoms with van der Waals surface area (Å²) in [6.45, 7) is 0.263. The van der Waals surface area contributed by atoms with E-state index in [1.807, 2.05) is 6.07 Å². The van der Waals surface area contributed by atoms with E-state index in [4.69, 9.17) is 9.15 Å². The summed E-state index contributed by atoms with van der Waals surface area (Å²) in [5.74, 6) is 1.56. The number of aromatic hydroxyl groups is 2. The first kappa shape index (κ1) is 11.5. The van der Waals surface area contributed by atoms with E-state index in [9.17, 15) is 10.2 Å². The zero-order valence-electron chi connectivity index (χ0n) is 10.0. The van der Waals surface area contributed by atoms with Gasteiger partial charge in [0.25, 0.3) is 0 Å². The van der Waals surface area contributed by atoms with Gasteiger partial charge in [-0.2, -0.15) is 0 Å². The quantitative estimate of drug-likeness (QED) is 0.753. The molecule has 2 N–H and O–H groups in total. The Morgan fingerprint density at radius 3 is 2.63 bits per heavy atom. The van der Waals surface area contributed by atoms with Crippen molar-refractivity contribution >= 4 is 11.0 Å². The average Bonchev–Trinajstić information content (AvgIpc) is 2.78. The highest BCUT2D eigenvalue weighted by Crippen LogP contribution is 2.25. The minimum absolute atomic E-state index is 0.159. The molecule has 4 heteroatoms. The largest absolute Gasteiger partial charge is 0.508 e. The number of ether oxygens (including phenoxy) is 1.